The summed E-state index contributed by atoms with van der Waals surface area (Å²) >= 11 is 0. The first-order valence-electron chi connectivity index (χ1n) is 6.25. The van der Waals surface area contributed by atoms with E-state index in [0.717, 1.165) is 32.0 Å². The molecule has 0 radical (unpaired) electrons. The molecule has 1 N–H and O–H groups in total. The maximum absolute atomic E-state index is 5.42. The van der Waals surface area contributed by atoms with E-state index in [0.29, 0.717) is 6.04 Å². The Morgan fingerprint density at radius 3 is 2.94 bits per heavy atom. The zero-order valence-electron chi connectivity index (χ0n) is 10.9. The highest BCUT2D eigenvalue weighted by Crippen LogP contribution is 2.15. The topological polar surface area (TPSA) is 39.1 Å². The van der Waals surface area contributed by atoms with Crippen molar-refractivity contribution < 1.29 is 4.74 Å². The van der Waals surface area contributed by atoms with Crippen LogP contribution in [0.1, 0.15) is 23.9 Å². The van der Waals surface area contributed by atoms with Gasteiger partial charge < -0.3 is 10.1 Å². The smallest absolute Gasteiger partial charge is 0.0668 e. The number of ether oxygens (including phenoxy) is 1. The van der Waals surface area contributed by atoms with Crippen LogP contribution < -0.4 is 5.32 Å². The molecule has 4 heteroatoms. The summed E-state index contributed by atoms with van der Waals surface area (Å²) in [6.07, 6.45) is 4.34. The lowest BCUT2D eigenvalue weighted by Gasteiger charge is -2.20. The Labute approximate surface area is 103 Å². The maximum atomic E-state index is 5.42. The Morgan fingerprint density at radius 2 is 2.35 bits per heavy atom. The molecule has 0 amide bonds. The molecule has 0 saturated carbocycles. The minimum atomic E-state index is 0.326. The SMILES string of the molecule is CCn1nc(C)c(/C=C/C2COCCN2)c1C. The average Bonchev–Trinajstić information content (AvgIpc) is 2.63. The van der Waals surface area contributed by atoms with Crippen LogP contribution in [0.15, 0.2) is 6.08 Å². The first-order chi connectivity index (χ1) is 8.22. The lowest BCUT2D eigenvalue weighted by Crippen LogP contribution is -2.39. The number of aromatic nitrogens is 2. The first-order valence-corrected chi connectivity index (χ1v) is 6.25. The number of nitrogens with one attached hydrogen (secondary N) is 1. The molecule has 1 aromatic heterocycles. The summed E-state index contributed by atoms with van der Waals surface area (Å²) in [4.78, 5) is 0. The molecular formula is C13H21N3O. The molecule has 0 bridgehead atoms. The van der Waals surface area contributed by atoms with Gasteiger partial charge in [0.15, 0.2) is 0 Å². The van der Waals surface area contributed by atoms with E-state index in [1.165, 1.54) is 11.3 Å². The van der Waals surface area contributed by atoms with Gasteiger partial charge in [0.05, 0.1) is 18.9 Å². The molecule has 1 fully saturated rings. The quantitative estimate of drug-likeness (QED) is 0.863. The standard InChI is InChI=1S/C13H21N3O/c1-4-16-11(3)13(10(2)15-16)6-5-12-9-17-8-7-14-12/h5-6,12,14H,4,7-9H2,1-3H3/b6-5+. The predicted octanol–water partition coefficient (Wildman–Crippen LogP) is 1.52. The molecule has 0 spiro atoms. The van der Waals surface area contributed by atoms with Crippen molar-refractivity contribution in [1.29, 1.82) is 0 Å². The van der Waals surface area contributed by atoms with Crippen molar-refractivity contribution in [3.8, 4) is 0 Å². The van der Waals surface area contributed by atoms with Crippen molar-refractivity contribution in [3.05, 3.63) is 23.0 Å². The van der Waals surface area contributed by atoms with Gasteiger partial charge in [0.1, 0.15) is 0 Å². The largest absolute Gasteiger partial charge is 0.378 e. The number of morpholine rings is 1. The highest BCUT2D eigenvalue weighted by Gasteiger charge is 2.11. The fourth-order valence-corrected chi connectivity index (χ4v) is 2.18. The van der Waals surface area contributed by atoms with E-state index in [9.17, 15) is 0 Å². The molecule has 0 aromatic carbocycles. The number of aryl methyl sites for hydroxylation is 2. The number of hydrogen-bond acceptors (Lipinski definition) is 3. The molecule has 4 nitrogen and oxygen atoms in total. The van der Waals surface area contributed by atoms with Crippen LogP contribution in [0.25, 0.3) is 6.08 Å². The van der Waals surface area contributed by atoms with E-state index in [1.54, 1.807) is 0 Å². The summed E-state index contributed by atoms with van der Waals surface area (Å²) in [5, 5.41) is 7.92. The van der Waals surface area contributed by atoms with Crippen molar-refractivity contribution >= 4 is 6.08 Å². The van der Waals surface area contributed by atoms with E-state index >= 15 is 0 Å². The van der Waals surface area contributed by atoms with Crippen molar-refractivity contribution in [2.45, 2.75) is 33.4 Å². The van der Waals surface area contributed by atoms with Gasteiger partial charge in [0.25, 0.3) is 0 Å². The third-order valence-corrected chi connectivity index (χ3v) is 3.18. The second-order valence-electron chi connectivity index (χ2n) is 4.39. The van der Waals surface area contributed by atoms with E-state index in [1.807, 2.05) is 4.68 Å². The van der Waals surface area contributed by atoms with E-state index in [2.05, 4.69) is 43.3 Å². The molecule has 0 aliphatic carbocycles. The minimum absolute atomic E-state index is 0.326. The molecular weight excluding hydrogens is 214 g/mol. The third-order valence-electron chi connectivity index (χ3n) is 3.18. The molecule has 1 aliphatic rings. The van der Waals surface area contributed by atoms with Crippen LogP contribution >= 0.6 is 0 Å². The zero-order chi connectivity index (χ0) is 12.3. The molecule has 1 aromatic rings. The average molecular weight is 235 g/mol. The van der Waals surface area contributed by atoms with E-state index in [-0.39, 0.29) is 0 Å². The second-order valence-corrected chi connectivity index (χ2v) is 4.39. The molecule has 2 rings (SSSR count). The molecule has 1 aliphatic heterocycles. The van der Waals surface area contributed by atoms with Gasteiger partial charge in [-0.3, -0.25) is 4.68 Å². The number of nitrogens with zero attached hydrogens (tertiary/aromatic N) is 2. The minimum Gasteiger partial charge on any atom is -0.378 e. The number of rotatable bonds is 3. The van der Waals surface area contributed by atoms with Gasteiger partial charge in [-0.25, -0.2) is 0 Å². The van der Waals surface area contributed by atoms with Crippen LogP contribution in [-0.2, 0) is 11.3 Å². The predicted molar refractivity (Wildman–Crippen MR) is 69.0 cm³/mol. The summed E-state index contributed by atoms with van der Waals surface area (Å²) in [7, 11) is 0. The zero-order valence-corrected chi connectivity index (χ0v) is 10.9. The Hall–Kier alpha value is -1.13. The molecule has 17 heavy (non-hydrogen) atoms. The van der Waals surface area contributed by atoms with Gasteiger partial charge >= 0.3 is 0 Å². The fraction of sp³-hybridized carbons (Fsp3) is 0.615. The number of hydrogen-bond donors (Lipinski definition) is 1. The summed E-state index contributed by atoms with van der Waals surface area (Å²) in [6, 6.07) is 0.326. The highest BCUT2D eigenvalue weighted by molar-refractivity contribution is 5.55. The van der Waals surface area contributed by atoms with Crippen molar-refractivity contribution in [3.63, 3.8) is 0 Å². The lowest BCUT2D eigenvalue weighted by atomic mass is 10.1. The Balaban J connectivity index is 2.11. The molecule has 1 saturated heterocycles. The lowest BCUT2D eigenvalue weighted by molar-refractivity contribution is 0.0903. The first kappa shape index (κ1) is 12.3. The maximum Gasteiger partial charge on any atom is 0.0668 e. The van der Waals surface area contributed by atoms with Crippen LogP contribution in [0.3, 0.4) is 0 Å². The summed E-state index contributed by atoms with van der Waals surface area (Å²) in [5.74, 6) is 0. The molecule has 94 valence electrons. The normalized spacial score (nSPS) is 21.2. The van der Waals surface area contributed by atoms with Gasteiger partial charge in [-0.1, -0.05) is 12.2 Å². The monoisotopic (exact) mass is 235 g/mol. The van der Waals surface area contributed by atoms with E-state index < -0.39 is 0 Å². The van der Waals surface area contributed by atoms with Crippen LogP contribution in [0.4, 0.5) is 0 Å². The Morgan fingerprint density at radius 1 is 1.53 bits per heavy atom. The fourth-order valence-electron chi connectivity index (χ4n) is 2.18. The summed E-state index contributed by atoms with van der Waals surface area (Å²) in [5.41, 5.74) is 3.56. The third kappa shape index (κ3) is 2.76. The second kappa shape index (κ2) is 5.47. The Kier molecular flexibility index (Phi) is 3.97. The van der Waals surface area contributed by atoms with Crippen LogP contribution in [0.2, 0.25) is 0 Å². The van der Waals surface area contributed by atoms with Crippen molar-refractivity contribution in [2.75, 3.05) is 19.8 Å². The molecule has 1 unspecified atom stereocenters. The summed E-state index contributed by atoms with van der Waals surface area (Å²) in [6.45, 7) is 9.72. The molecule has 1 atom stereocenters. The summed E-state index contributed by atoms with van der Waals surface area (Å²) < 4.78 is 7.46. The van der Waals surface area contributed by atoms with Gasteiger partial charge in [0.2, 0.25) is 0 Å². The van der Waals surface area contributed by atoms with Crippen LogP contribution in [-0.4, -0.2) is 35.6 Å². The van der Waals surface area contributed by atoms with Crippen molar-refractivity contribution in [2.24, 2.45) is 0 Å². The van der Waals surface area contributed by atoms with Crippen LogP contribution in [0, 0.1) is 13.8 Å². The van der Waals surface area contributed by atoms with Gasteiger partial charge in [0, 0.05) is 30.4 Å². The highest BCUT2D eigenvalue weighted by atomic mass is 16.5. The van der Waals surface area contributed by atoms with Gasteiger partial charge in [-0.2, -0.15) is 5.10 Å². The molecule has 2 heterocycles. The van der Waals surface area contributed by atoms with Crippen molar-refractivity contribution in [1.82, 2.24) is 15.1 Å². The van der Waals surface area contributed by atoms with Crippen LogP contribution in [0.5, 0.6) is 0 Å². The van der Waals surface area contributed by atoms with E-state index in [4.69, 9.17) is 4.74 Å². The Bertz CT molecular complexity index is 403. The van der Waals surface area contributed by atoms with Gasteiger partial charge in [-0.05, 0) is 20.8 Å². The van der Waals surface area contributed by atoms with Gasteiger partial charge in [-0.15, -0.1) is 0 Å².